The van der Waals surface area contributed by atoms with Crippen LogP contribution in [0.2, 0.25) is 0 Å². The first-order valence-electron chi connectivity index (χ1n) is 8.99. The topological polar surface area (TPSA) is 29.5 Å². The standard InChI is InChI=1S/C20H25NO2/c22-19(9-8-16-6-7-16)21-14-3-11-20(13-15-21)12-10-17-4-1-2-5-18(17)23-20/h1-2,4-5,10,12,16H,3,6-9,11,13-15H2/t20-/m0/s1. The SMILES string of the molecule is O=C(CCC1CC1)N1CCC[C@]2(C=Cc3ccccc3O2)CC1. The predicted molar refractivity (Wildman–Crippen MR) is 91.2 cm³/mol. The van der Waals surface area contributed by atoms with Crippen molar-refractivity contribution in [1.82, 2.24) is 4.90 Å². The average Bonchev–Trinajstić information content (AvgIpc) is 3.40. The predicted octanol–water partition coefficient (Wildman–Crippen LogP) is 4.03. The Balaban J connectivity index is 1.40. The van der Waals surface area contributed by atoms with Crippen LogP contribution in [0.15, 0.2) is 30.3 Å². The molecule has 3 heteroatoms. The molecule has 4 rings (SSSR count). The number of hydrogen-bond donors (Lipinski definition) is 0. The van der Waals surface area contributed by atoms with Gasteiger partial charge in [-0.25, -0.2) is 0 Å². The number of carbonyl (C=O) groups is 1. The zero-order chi connectivity index (χ0) is 15.7. The largest absolute Gasteiger partial charge is 0.483 e. The third-order valence-corrected chi connectivity index (χ3v) is 5.45. The number of benzene rings is 1. The Labute approximate surface area is 138 Å². The minimum absolute atomic E-state index is 0.222. The van der Waals surface area contributed by atoms with Crippen LogP contribution in [0.1, 0.15) is 50.5 Å². The van der Waals surface area contributed by atoms with Crippen molar-refractivity contribution in [2.24, 2.45) is 5.92 Å². The zero-order valence-electron chi connectivity index (χ0n) is 13.7. The van der Waals surface area contributed by atoms with Gasteiger partial charge in [0.25, 0.3) is 0 Å². The molecular weight excluding hydrogens is 286 g/mol. The fourth-order valence-corrected chi connectivity index (χ4v) is 3.75. The first-order valence-corrected chi connectivity index (χ1v) is 8.99. The first-order chi connectivity index (χ1) is 11.2. The van der Waals surface area contributed by atoms with Gasteiger partial charge in [-0.15, -0.1) is 0 Å². The Kier molecular flexibility index (Phi) is 3.88. The molecule has 3 aliphatic rings. The number of fused-ring (bicyclic) bond motifs is 1. The smallest absolute Gasteiger partial charge is 0.222 e. The molecule has 23 heavy (non-hydrogen) atoms. The molecule has 0 radical (unpaired) electrons. The number of nitrogens with zero attached hydrogens (tertiary/aromatic N) is 1. The molecule has 1 atom stereocenters. The lowest BCUT2D eigenvalue weighted by molar-refractivity contribution is -0.131. The van der Waals surface area contributed by atoms with Crippen LogP contribution >= 0.6 is 0 Å². The van der Waals surface area contributed by atoms with Crippen molar-refractivity contribution in [3.8, 4) is 5.75 Å². The highest BCUT2D eigenvalue weighted by atomic mass is 16.5. The van der Waals surface area contributed by atoms with Gasteiger partial charge in [0.05, 0.1) is 0 Å². The molecule has 0 bridgehead atoms. The van der Waals surface area contributed by atoms with Gasteiger partial charge in [-0.05, 0) is 37.3 Å². The van der Waals surface area contributed by atoms with Crippen molar-refractivity contribution >= 4 is 12.0 Å². The molecule has 0 N–H and O–H groups in total. The highest BCUT2D eigenvalue weighted by Gasteiger charge is 2.35. The van der Waals surface area contributed by atoms with Crippen LogP contribution < -0.4 is 4.74 Å². The highest BCUT2D eigenvalue weighted by Crippen LogP contribution is 2.37. The molecule has 1 aromatic rings. The van der Waals surface area contributed by atoms with Crippen molar-refractivity contribution in [2.45, 2.75) is 50.5 Å². The second kappa shape index (κ2) is 6.03. The summed E-state index contributed by atoms with van der Waals surface area (Å²) in [6.07, 6.45) is 11.8. The van der Waals surface area contributed by atoms with Crippen LogP contribution in [0.5, 0.6) is 5.75 Å². The van der Waals surface area contributed by atoms with Gasteiger partial charge in [0.1, 0.15) is 11.4 Å². The summed E-state index contributed by atoms with van der Waals surface area (Å²) in [6, 6.07) is 8.20. The molecule has 1 saturated carbocycles. The lowest BCUT2D eigenvalue weighted by Crippen LogP contribution is -2.38. The highest BCUT2D eigenvalue weighted by molar-refractivity contribution is 5.76. The Hall–Kier alpha value is -1.77. The van der Waals surface area contributed by atoms with Crippen LogP contribution in [0.4, 0.5) is 0 Å². The molecule has 2 aliphatic heterocycles. The second-order valence-corrected chi connectivity index (χ2v) is 7.25. The van der Waals surface area contributed by atoms with Crippen molar-refractivity contribution < 1.29 is 9.53 Å². The van der Waals surface area contributed by atoms with Gasteiger partial charge in [0.15, 0.2) is 0 Å². The molecular formula is C20H25NO2. The van der Waals surface area contributed by atoms with Gasteiger partial charge < -0.3 is 9.64 Å². The molecule has 122 valence electrons. The van der Waals surface area contributed by atoms with E-state index in [1.807, 2.05) is 18.2 Å². The van der Waals surface area contributed by atoms with Crippen LogP contribution in [0, 0.1) is 5.92 Å². The van der Waals surface area contributed by atoms with Gasteiger partial charge >= 0.3 is 0 Å². The van der Waals surface area contributed by atoms with Crippen LogP contribution in [-0.4, -0.2) is 29.5 Å². The Morgan fingerprint density at radius 3 is 2.96 bits per heavy atom. The maximum absolute atomic E-state index is 12.4. The first kappa shape index (κ1) is 14.8. The summed E-state index contributed by atoms with van der Waals surface area (Å²) >= 11 is 0. The number of para-hydroxylation sites is 1. The molecule has 1 aromatic carbocycles. The van der Waals surface area contributed by atoms with E-state index in [-0.39, 0.29) is 5.60 Å². The van der Waals surface area contributed by atoms with Gasteiger partial charge in [0, 0.05) is 31.5 Å². The molecule has 1 spiro atoms. The normalized spacial score (nSPS) is 26.5. The van der Waals surface area contributed by atoms with Gasteiger partial charge in [0.2, 0.25) is 5.91 Å². The number of ether oxygens (including phenoxy) is 1. The average molecular weight is 311 g/mol. The molecule has 1 aliphatic carbocycles. The van der Waals surface area contributed by atoms with E-state index >= 15 is 0 Å². The third-order valence-electron chi connectivity index (χ3n) is 5.45. The van der Waals surface area contributed by atoms with Gasteiger partial charge in [-0.3, -0.25) is 4.79 Å². The second-order valence-electron chi connectivity index (χ2n) is 7.25. The number of rotatable bonds is 3. The summed E-state index contributed by atoms with van der Waals surface area (Å²) in [5.41, 5.74) is 0.930. The Morgan fingerprint density at radius 1 is 1.22 bits per heavy atom. The summed E-state index contributed by atoms with van der Waals surface area (Å²) in [4.78, 5) is 14.5. The van der Waals surface area contributed by atoms with Crippen molar-refractivity contribution in [3.63, 3.8) is 0 Å². The van der Waals surface area contributed by atoms with Crippen molar-refractivity contribution in [2.75, 3.05) is 13.1 Å². The Bertz CT molecular complexity index is 620. The summed E-state index contributed by atoms with van der Waals surface area (Å²) < 4.78 is 6.35. The summed E-state index contributed by atoms with van der Waals surface area (Å²) in [5, 5.41) is 0. The van der Waals surface area contributed by atoms with E-state index in [0.29, 0.717) is 5.91 Å². The number of amides is 1. The van der Waals surface area contributed by atoms with Crippen LogP contribution in [-0.2, 0) is 4.79 Å². The van der Waals surface area contributed by atoms with E-state index in [4.69, 9.17) is 4.74 Å². The monoisotopic (exact) mass is 311 g/mol. The lowest BCUT2D eigenvalue weighted by atomic mass is 9.91. The van der Waals surface area contributed by atoms with E-state index < -0.39 is 0 Å². The van der Waals surface area contributed by atoms with Crippen molar-refractivity contribution in [3.05, 3.63) is 35.9 Å². The number of hydrogen-bond acceptors (Lipinski definition) is 2. The zero-order valence-corrected chi connectivity index (χ0v) is 13.7. The van der Waals surface area contributed by atoms with Crippen LogP contribution in [0.25, 0.3) is 6.08 Å². The third kappa shape index (κ3) is 3.29. The number of likely N-dealkylation sites (tertiary alicyclic amines) is 1. The summed E-state index contributed by atoms with van der Waals surface area (Å²) in [7, 11) is 0. The summed E-state index contributed by atoms with van der Waals surface area (Å²) in [6.45, 7) is 1.69. The van der Waals surface area contributed by atoms with Gasteiger partial charge in [-0.1, -0.05) is 37.1 Å². The fourth-order valence-electron chi connectivity index (χ4n) is 3.75. The minimum atomic E-state index is -0.222. The molecule has 2 fully saturated rings. The van der Waals surface area contributed by atoms with E-state index in [1.165, 1.54) is 12.8 Å². The lowest BCUT2D eigenvalue weighted by Gasteiger charge is -2.34. The molecule has 3 nitrogen and oxygen atoms in total. The van der Waals surface area contributed by atoms with Crippen LogP contribution in [0.3, 0.4) is 0 Å². The van der Waals surface area contributed by atoms with Gasteiger partial charge in [-0.2, -0.15) is 0 Å². The maximum atomic E-state index is 12.4. The molecule has 0 unspecified atom stereocenters. The van der Waals surface area contributed by atoms with Crippen molar-refractivity contribution in [1.29, 1.82) is 0 Å². The Morgan fingerprint density at radius 2 is 2.09 bits per heavy atom. The number of carbonyl (C=O) groups excluding carboxylic acids is 1. The van der Waals surface area contributed by atoms with E-state index in [9.17, 15) is 4.79 Å². The maximum Gasteiger partial charge on any atom is 0.222 e. The van der Waals surface area contributed by atoms with E-state index in [0.717, 1.165) is 62.4 Å². The summed E-state index contributed by atoms with van der Waals surface area (Å²) in [5.74, 6) is 2.15. The molecule has 2 heterocycles. The molecule has 0 aromatic heterocycles. The molecule has 1 amide bonds. The minimum Gasteiger partial charge on any atom is -0.483 e. The van der Waals surface area contributed by atoms with E-state index in [1.54, 1.807) is 0 Å². The molecule has 1 saturated heterocycles. The fraction of sp³-hybridized carbons (Fsp3) is 0.550. The quantitative estimate of drug-likeness (QED) is 0.843. The van der Waals surface area contributed by atoms with E-state index in [2.05, 4.69) is 23.1 Å².